The van der Waals surface area contributed by atoms with E-state index in [1.54, 1.807) is 0 Å². The average Bonchev–Trinajstić information content (AvgIpc) is 3.17. The molecular formula is C48H86NO8P. The van der Waals surface area contributed by atoms with Gasteiger partial charge >= 0.3 is 11.9 Å². The molecule has 2 atom stereocenters. The van der Waals surface area contributed by atoms with Crippen LogP contribution in [0.5, 0.6) is 0 Å². The molecule has 2 unspecified atom stereocenters. The van der Waals surface area contributed by atoms with Gasteiger partial charge in [-0.3, -0.25) is 14.2 Å². The Kier molecular flexibility index (Phi) is 38.5. The molecule has 0 rings (SSSR count). The Balaban J connectivity index is 4.34. The number of nitrogens with zero attached hydrogens (tertiary/aromatic N) is 1. The van der Waals surface area contributed by atoms with E-state index in [9.17, 15) is 19.0 Å². The molecule has 0 aromatic heterocycles. The number of rotatable bonds is 41. The zero-order valence-corrected chi connectivity index (χ0v) is 38.6. The van der Waals surface area contributed by atoms with Gasteiger partial charge in [-0.25, -0.2) is 0 Å². The van der Waals surface area contributed by atoms with Gasteiger partial charge < -0.3 is 27.9 Å². The molecule has 0 aliphatic carbocycles. The number of hydrogen-bond acceptors (Lipinski definition) is 8. The molecular weight excluding hydrogens is 750 g/mol. The molecule has 336 valence electrons. The highest BCUT2D eigenvalue weighted by atomic mass is 31.2. The van der Waals surface area contributed by atoms with Gasteiger partial charge in [0, 0.05) is 12.8 Å². The highest BCUT2D eigenvalue weighted by Gasteiger charge is 2.21. The van der Waals surface area contributed by atoms with Crippen LogP contribution in [0.4, 0.5) is 0 Å². The first-order chi connectivity index (χ1) is 28.0. The third-order valence-electron chi connectivity index (χ3n) is 9.52. The molecule has 58 heavy (non-hydrogen) atoms. The summed E-state index contributed by atoms with van der Waals surface area (Å²) >= 11 is 0. The second kappa shape index (κ2) is 40.1. The Hall–Kier alpha value is -2.29. The van der Waals surface area contributed by atoms with Crippen LogP contribution in [-0.2, 0) is 32.7 Å². The lowest BCUT2D eigenvalue weighted by Gasteiger charge is -2.28. The molecule has 0 N–H and O–H groups in total. The van der Waals surface area contributed by atoms with Crippen LogP contribution in [0.15, 0.2) is 60.8 Å². The van der Waals surface area contributed by atoms with Gasteiger partial charge in [0.25, 0.3) is 7.82 Å². The number of phosphoric acid groups is 1. The molecule has 10 heteroatoms. The van der Waals surface area contributed by atoms with Crippen LogP contribution in [0.3, 0.4) is 0 Å². The molecule has 0 amide bonds. The normalized spacial score (nSPS) is 14.1. The smallest absolute Gasteiger partial charge is 0.306 e. The number of quaternary nitrogens is 1. The maximum absolute atomic E-state index is 12.7. The lowest BCUT2D eigenvalue weighted by Crippen LogP contribution is -2.37. The van der Waals surface area contributed by atoms with Gasteiger partial charge in [0.1, 0.15) is 19.8 Å². The van der Waals surface area contributed by atoms with Gasteiger partial charge in [-0.1, -0.05) is 152 Å². The van der Waals surface area contributed by atoms with E-state index in [0.717, 1.165) is 89.9 Å². The van der Waals surface area contributed by atoms with E-state index in [0.29, 0.717) is 17.4 Å². The Morgan fingerprint density at radius 2 is 0.983 bits per heavy atom. The van der Waals surface area contributed by atoms with Crippen molar-refractivity contribution in [2.45, 2.75) is 187 Å². The van der Waals surface area contributed by atoms with Crippen LogP contribution in [0, 0.1) is 0 Å². The first kappa shape index (κ1) is 55.7. The Morgan fingerprint density at radius 1 is 0.552 bits per heavy atom. The zero-order chi connectivity index (χ0) is 42.8. The third kappa shape index (κ3) is 43.3. The van der Waals surface area contributed by atoms with Crippen molar-refractivity contribution in [3.8, 4) is 0 Å². The predicted molar refractivity (Wildman–Crippen MR) is 240 cm³/mol. The fourth-order valence-corrected chi connectivity index (χ4v) is 6.66. The van der Waals surface area contributed by atoms with Gasteiger partial charge in [-0.15, -0.1) is 0 Å². The topological polar surface area (TPSA) is 111 Å². The van der Waals surface area contributed by atoms with Gasteiger partial charge in [0.05, 0.1) is 27.7 Å². The van der Waals surface area contributed by atoms with Crippen molar-refractivity contribution < 1.29 is 42.1 Å². The predicted octanol–water partition coefficient (Wildman–Crippen LogP) is 12.6. The SMILES string of the molecule is CC/C=C\C/C=C\C/C=C\CCCCCCCC(=O)OC(COC(=O)CCCCCCCCCCC/C=C\C/C=C\CCCCC)COP(=O)([O-])OCC[N+](C)(C)C. The van der Waals surface area contributed by atoms with Gasteiger partial charge in [0.15, 0.2) is 6.10 Å². The summed E-state index contributed by atoms with van der Waals surface area (Å²) in [6, 6.07) is 0. The van der Waals surface area contributed by atoms with Crippen LogP contribution in [-0.4, -0.2) is 70.0 Å². The molecule has 0 heterocycles. The monoisotopic (exact) mass is 836 g/mol. The van der Waals surface area contributed by atoms with E-state index in [4.69, 9.17) is 18.5 Å². The molecule has 0 aliphatic rings. The number of phosphoric ester groups is 1. The van der Waals surface area contributed by atoms with E-state index < -0.39 is 32.5 Å². The summed E-state index contributed by atoms with van der Waals surface area (Å²) in [6.07, 6.45) is 48.1. The number of carbonyl (C=O) groups is 2. The van der Waals surface area contributed by atoms with Crippen molar-refractivity contribution in [2.75, 3.05) is 47.5 Å². The lowest BCUT2D eigenvalue weighted by atomic mass is 10.1. The number of unbranched alkanes of at least 4 members (excludes halogenated alkanes) is 17. The number of ether oxygens (including phenoxy) is 2. The van der Waals surface area contributed by atoms with Crippen LogP contribution < -0.4 is 4.89 Å². The van der Waals surface area contributed by atoms with Gasteiger partial charge in [-0.05, 0) is 77.0 Å². The standard InChI is InChI=1S/C48H86NO8P/c1-6-8-10-12-14-16-18-20-22-23-24-25-27-28-30-32-34-36-38-40-47(50)54-44-46(45-56-58(52,53)55-43-42-49(3,4)5)57-48(51)41-39-37-35-33-31-29-26-21-19-17-15-13-11-9-7-2/h9,11,14-17,20-22,26,46H,6-8,10,12-13,18-19,23-25,27-45H2,1-5H3/b11-9-,16-14-,17-15-,22-20-,26-21-. The highest BCUT2D eigenvalue weighted by molar-refractivity contribution is 7.45. The van der Waals surface area contributed by atoms with Crippen molar-refractivity contribution in [3.63, 3.8) is 0 Å². The summed E-state index contributed by atoms with van der Waals surface area (Å²) in [5, 5.41) is 0. The second-order valence-corrected chi connectivity index (χ2v) is 17.8. The van der Waals surface area contributed by atoms with E-state index >= 15 is 0 Å². The Morgan fingerprint density at radius 3 is 1.47 bits per heavy atom. The van der Waals surface area contributed by atoms with E-state index in [2.05, 4.69) is 74.6 Å². The van der Waals surface area contributed by atoms with Crippen molar-refractivity contribution in [2.24, 2.45) is 0 Å². The Labute approximate surface area is 356 Å². The summed E-state index contributed by atoms with van der Waals surface area (Å²) in [5.74, 6) is -0.862. The molecule has 0 fully saturated rings. The minimum atomic E-state index is -4.63. The van der Waals surface area contributed by atoms with E-state index in [-0.39, 0.29) is 26.1 Å². The van der Waals surface area contributed by atoms with Crippen molar-refractivity contribution >= 4 is 19.8 Å². The van der Waals surface area contributed by atoms with Crippen molar-refractivity contribution in [1.82, 2.24) is 0 Å². The van der Waals surface area contributed by atoms with Crippen LogP contribution in [0.1, 0.15) is 181 Å². The zero-order valence-electron chi connectivity index (χ0n) is 37.7. The second-order valence-electron chi connectivity index (χ2n) is 16.4. The summed E-state index contributed by atoms with van der Waals surface area (Å²) in [6.45, 7) is 4.06. The summed E-state index contributed by atoms with van der Waals surface area (Å²) in [5.41, 5.74) is 0. The first-order valence-corrected chi connectivity index (χ1v) is 24.5. The quantitative estimate of drug-likeness (QED) is 0.0197. The van der Waals surface area contributed by atoms with Crippen molar-refractivity contribution in [3.05, 3.63) is 60.8 Å². The fourth-order valence-electron chi connectivity index (χ4n) is 5.93. The number of allylic oxidation sites excluding steroid dienone is 10. The molecule has 0 aliphatic heterocycles. The number of carbonyl (C=O) groups excluding carboxylic acids is 2. The maximum Gasteiger partial charge on any atom is 0.306 e. The minimum Gasteiger partial charge on any atom is -0.756 e. The van der Waals surface area contributed by atoms with Crippen LogP contribution in [0.2, 0.25) is 0 Å². The molecule has 0 radical (unpaired) electrons. The van der Waals surface area contributed by atoms with Crippen LogP contribution >= 0.6 is 7.82 Å². The van der Waals surface area contributed by atoms with Gasteiger partial charge in [0.2, 0.25) is 0 Å². The summed E-state index contributed by atoms with van der Waals surface area (Å²) < 4.78 is 33.9. The lowest BCUT2D eigenvalue weighted by molar-refractivity contribution is -0.870. The molecule has 0 saturated heterocycles. The Bertz CT molecular complexity index is 1170. The largest absolute Gasteiger partial charge is 0.756 e. The minimum absolute atomic E-state index is 0.0376. The fraction of sp³-hybridized carbons (Fsp3) is 0.750. The summed E-state index contributed by atoms with van der Waals surface area (Å²) in [4.78, 5) is 37.6. The van der Waals surface area contributed by atoms with Gasteiger partial charge in [-0.2, -0.15) is 0 Å². The number of likely N-dealkylation sites (N-methyl/N-ethyl adjacent to an activating group) is 1. The number of esters is 2. The molecule has 0 bridgehead atoms. The molecule has 0 aromatic carbocycles. The van der Waals surface area contributed by atoms with Crippen molar-refractivity contribution in [1.29, 1.82) is 0 Å². The van der Waals surface area contributed by atoms with E-state index in [1.807, 2.05) is 21.1 Å². The molecule has 9 nitrogen and oxygen atoms in total. The molecule has 0 aromatic rings. The summed E-state index contributed by atoms with van der Waals surface area (Å²) in [7, 11) is 1.14. The number of hydrogen-bond donors (Lipinski definition) is 0. The molecule has 0 spiro atoms. The van der Waals surface area contributed by atoms with E-state index in [1.165, 1.54) is 57.8 Å². The third-order valence-corrected chi connectivity index (χ3v) is 10.5. The van der Waals surface area contributed by atoms with Crippen LogP contribution in [0.25, 0.3) is 0 Å². The first-order valence-electron chi connectivity index (χ1n) is 23.0. The maximum atomic E-state index is 12.7. The highest BCUT2D eigenvalue weighted by Crippen LogP contribution is 2.38. The average molecular weight is 836 g/mol. The molecule has 0 saturated carbocycles.